The van der Waals surface area contributed by atoms with E-state index in [1.807, 2.05) is 6.07 Å². The summed E-state index contributed by atoms with van der Waals surface area (Å²) in [6.45, 7) is -0.922. The zero-order chi connectivity index (χ0) is 26.4. The molecule has 4 rings (SSSR count). The Morgan fingerprint density at radius 1 is 1.16 bits per heavy atom. The lowest BCUT2D eigenvalue weighted by Crippen LogP contribution is -2.41. The molecule has 0 aliphatic heterocycles. The van der Waals surface area contributed by atoms with Gasteiger partial charge in [-0.2, -0.15) is 19.1 Å². The zero-order valence-electron chi connectivity index (χ0n) is 19.1. The van der Waals surface area contributed by atoms with E-state index in [9.17, 15) is 28.4 Å². The largest absolute Gasteiger partial charge is 0.710 e. The van der Waals surface area contributed by atoms with Gasteiger partial charge < -0.3 is 10.5 Å². The lowest BCUT2D eigenvalue weighted by atomic mass is 10.1. The van der Waals surface area contributed by atoms with Crippen molar-refractivity contribution in [1.29, 1.82) is 5.26 Å². The highest BCUT2D eigenvalue weighted by Crippen LogP contribution is 2.28. The van der Waals surface area contributed by atoms with E-state index in [0.717, 1.165) is 24.3 Å². The van der Waals surface area contributed by atoms with Gasteiger partial charge in [0, 0.05) is 36.1 Å². The Balaban J connectivity index is 1.46. The SMILES string of the molecule is N#Cc1ccc(NCC(F)(F)c2ccc(F)cc2)[n+]([O-])c1CC(=O)NCc1cnccc1-n1cncn1. The van der Waals surface area contributed by atoms with Crippen LogP contribution in [0.4, 0.5) is 19.0 Å². The van der Waals surface area contributed by atoms with Crippen molar-refractivity contribution in [1.82, 2.24) is 25.1 Å². The van der Waals surface area contributed by atoms with Crippen molar-refractivity contribution >= 4 is 11.7 Å². The maximum atomic E-state index is 14.5. The molecule has 13 heteroatoms. The number of nitriles is 1. The number of pyridine rings is 2. The number of carbonyl (C=O) groups excluding carboxylic acids is 1. The summed E-state index contributed by atoms with van der Waals surface area (Å²) in [5.74, 6) is -4.93. The number of halogens is 3. The molecule has 2 N–H and O–H groups in total. The molecule has 0 radical (unpaired) electrons. The molecule has 37 heavy (non-hydrogen) atoms. The van der Waals surface area contributed by atoms with E-state index in [1.54, 1.807) is 12.3 Å². The minimum atomic E-state index is -3.42. The topological polar surface area (TPSA) is 135 Å². The van der Waals surface area contributed by atoms with Gasteiger partial charge in [0.25, 0.3) is 5.82 Å². The van der Waals surface area contributed by atoms with E-state index in [2.05, 4.69) is 25.7 Å². The first-order valence-electron chi connectivity index (χ1n) is 10.9. The summed E-state index contributed by atoms with van der Waals surface area (Å²) in [5, 5.41) is 31.3. The highest BCUT2D eigenvalue weighted by molar-refractivity contribution is 5.78. The predicted molar refractivity (Wildman–Crippen MR) is 124 cm³/mol. The molecule has 3 heterocycles. The minimum Gasteiger partial charge on any atom is -0.710 e. The summed E-state index contributed by atoms with van der Waals surface area (Å²) in [6.07, 6.45) is 5.46. The number of nitrogens with one attached hydrogen (secondary N) is 2. The van der Waals surface area contributed by atoms with Crippen molar-refractivity contribution in [3.63, 3.8) is 0 Å². The Hall–Kier alpha value is -4.99. The molecule has 4 aromatic rings. The van der Waals surface area contributed by atoms with Gasteiger partial charge in [-0.25, -0.2) is 18.8 Å². The number of benzene rings is 1. The number of carbonyl (C=O) groups is 1. The van der Waals surface area contributed by atoms with Gasteiger partial charge in [-0.15, -0.1) is 0 Å². The Morgan fingerprint density at radius 3 is 2.65 bits per heavy atom. The predicted octanol–water partition coefficient (Wildman–Crippen LogP) is 2.37. The van der Waals surface area contributed by atoms with Gasteiger partial charge in [-0.3, -0.25) is 15.1 Å². The third kappa shape index (κ3) is 5.81. The molecule has 0 atom stereocenters. The van der Waals surface area contributed by atoms with E-state index < -0.39 is 36.2 Å². The fraction of sp³-hybridized carbons (Fsp3) is 0.167. The van der Waals surface area contributed by atoms with Crippen LogP contribution in [-0.4, -0.2) is 32.2 Å². The van der Waals surface area contributed by atoms with Gasteiger partial charge in [-0.1, -0.05) is 0 Å². The number of nitrogens with zero attached hydrogens (tertiary/aromatic N) is 6. The average Bonchev–Trinajstić information content (AvgIpc) is 3.43. The summed E-state index contributed by atoms with van der Waals surface area (Å²) >= 11 is 0. The van der Waals surface area contributed by atoms with Gasteiger partial charge in [0.05, 0.1) is 17.7 Å². The van der Waals surface area contributed by atoms with Crippen LogP contribution in [0.1, 0.15) is 22.4 Å². The molecule has 0 aliphatic rings. The highest BCUT2D eigenvalue weighted by atomic mass is 19.3. The van der Waals surface area contributed by atoms with Crippen LogP contribution < -0.4 is 15.4 Å². The second kappa shape index (κ2) is 10.7. The molecule has 0 spiro atoms. The minimum absolute atomic E-state index is 0.0461. The second-order valence-electron chi connectivity index (χ2n) is 7.85. The number of anilines is 1. The van der Waals surface area contributed by atoms with Gasteiger partial charge in [0.15, 0.2) is 6.54 Å². The number of aromatic nitrogens is 5. The van der Waals surface area contributed by atoms with Crippen LogP contribution in [0, 0.1) is 22.4 Å². The van der Waals surface area contributed by atoms with Crippen LogP contribution in [0.3, 0.4) is 0 Å². The summed E-state index contributed by atoms with van der Waals surface area (Å²) < 4.78 is 43.9. The molecule has 0 fully saturated rings. The van der Waals surface area contributed by atoms with Crippen LogP contribution in [0.5, 0.6) is 0 Å². The molecule has 3 aromatic heterocycles. The molecular weight excluding hydrogens is 489 g/mol. The van der Waals surface area contributed by atoms with Crippen molar-refractivity contribution in [2.75, 3.05) is 11.9 Å². The number of alkyl halides is 2. The van der Waals surface area contributed by atoms with Crippen molar-refractivity contribution < 1.29 is 22.7 Å². The van der Waals surface area contributed by atoms with E-state index in [4.69, 9.17) is 0 Å². The maximum Gasteiger partial charge on any atom is 0.309 e. The summed E-state index contributed by atoms with van der Waals surface area (Å²) in [6, 6.07) is 9.69. The summed E-state index contributed by atoms with van der Waals surface area (Å²) in [7, 11) is 0. The van der Waals surface area contributed by atoms with Crippen LogP contribution in [0.2, 0.25) is 0 Å². The third-order valence-electron chi connectivity index (χ3n) is 5.41. The van der Waals surface area contributed by atoms with Crippen LogP contribution in [0.25, 0.3) is 5.69 Å². The first kappa shape index (κ1) is 25.1. The van der Waals surface area contributed by atoms with E-state index in [0.29, 0.717) is 11.3 Å². The quantitative estimate of drug-likeness (QED) is 0.262. The molecule has 0 bridgehead atoms. The Kier molecular flexibility index (Phi) is 7.28. The Labute approximate surface area is 208 Å². The molecular formula is C24H19F3N8O2. The molecule has 0 saturated heterocycles. The normalized spacial score (nSPS) is 11.1. The van der Waals surface area contributed by atoms with Crippen molar-refractivity contribution in [3.05, 3.63) is 101 Å². The molecule has 10 nitrogen and oxygen atoms in total. The number of hydrogen-bond acceptors (Lipinski definition) is 7. The number of rotatable bonds is 9. The zero-order valence-corrected chi connectivity index (χ0v) is 19.1. The Morgan fingerprint density at radius 2 is 1.95 bits per heavy atom. The van der Waals surface area contributed by atoms with Crippen LogP contribution >= 0.6 is 0 Å². The monoisotopic (exact) mass is 508 g/mol. The molecule has 0 aliphatic carbocycles. The summed E-state index contributed by atoms with van der Waals surface area (Å²) in [5.41, 5.74) is 0.532. The molecule has 0 unspecified atom stereocenters. The second-order valence-corrected chi connectivity index (χ2v) is 7.85. The lowest BCUT2D eigenvalue weighted by Gasteiger charge is -2.18. The smallest absolute Gasteiger partial charge is 0.309 e. The van der Waals surface area contributed by atoms with Crippen LogP contribution in [0.15, 0.2) is 67.5 Å². The molecule has 0 saturated carbocycles. The fourth-order valence-electron chi connectivity index (χ4n) is 3.50. The average molecular weight is 508 g/mol. The van der Waals surface area contributed by atoms with Gasteiger partial charge in [0.1, 0.15) is 30.2 Å². The van der Waals surface area contributed by atoms with Crippen molar-refractivity contribution in [3.8, 4) is 11.8 Å². The molecule has 1 aromatic carbocycles. The lowest BCUT2D eigenvalue weighted by molar-refractivity contribution is -0.598. The molecule has 1 amide bonds. The van der Waals surface area contributed by atoms with E-state index in [-0.39, 0.29) is 28.4 Å². The van der Waals surface area contributed by atoms with Crippen molar-refractivity contribution in [2.24, 2.45) is 0 Å². The van der Waals surface area contributed by atoms with Gasteiger partial charge >= 0.3 is 5.92 Å². The van der Waals surface area contributed by atoms with E-state index >= 15 is 0 Å². The van der Waals surface area contributed by atoms with E-state index in [1.165, 1.54) is 35.7 Å². The summed E-state index contributed by atoms with van der Waals surface area (Å²) in [4.78, 5) is 20.6. The number of amides is 1. The standard InChI is InChI=1S/C24H19F3N8O2/c25-19-4-2-18(3-5-19)24(26,27)13-32-22-6-1-16(10-28)21(35(22)37)9-23(36)31-12-17-11-29-8-7-20(17)34-15-30-14-33-34/h1-8,11,14-15,32H,9,12-13H2,(H,31,36). The molecule has 188 valence electrons. The first-order chi connectivity index (χ1) is 17.8. The van der Waals surface area contributed by atoms with Crippen LogP contribution in [-0.2, 0) is 23.7 Å². The Bertz CT molecular complexity index is 1440. The maximum absolute atomic E-state index is 14.5. The number of hydrogen-bond donors (Lipinski definition) is 2. The van der Waals surface area contributed by atoms with Crippen molar-refractivity contribution in [2.45, 2.75) is 18.9 Å². The van der Waals surface area contributed by atoms with Gasteiger partial charge in [-0.05, 0) is 36.4 Å². The highest BCUT2D eigenvalue weighted by Gasteiger charge is 2.34. The third-order valence-corrected chi connectivity index (χ3v) is 5.41. The fourth-order valence-corrected chi connectivity index (χ4v) is 3.50. The first-order valence-corrected chi connectivity index (χ1v) is 10.9. The van der Waals surface area contributed by atoms with Gasteiger partial charge in [0.2, 0.25) is 5.91 Å².